The molecule has 3 aromatic rings. The number of hydrogen-bond donors (Lipinski definition) is 0. The smallest absolute Gasteiger partial charge is 0.371 e. The van der Waals surface area contributed by atoms with Gasteiger partial charge < -0.3 is 9.80 Å². The number of pyridine rings is 1. The molecule has 4 heterocycles. The molecule has 1 atom stereocenters. The molecular weight excluding hydrogens is 465 g/mol. The fourth-order valence-electron chi connectivity index (χ4n) is 4.94. The Bertz CT molecular complexity index is 1290. The number of carbonyl (C=O) groups excluding carboxylic acids is 1. The first-order chi connectivity index (χ1) is 16.7. The molecule has 184 valence electrons. The van der Waals surface area contributed by atoms with Crippen LogP contribution in [-0.2, 0) is 6.18 Å². The third-order valence-corrected chi connectivity index (χ3v) is 6.70. The van der Waals surface area contributed by atoms with Crippen molar-refractivity contribution in [3.05, 3.63) is 63.6 Å². The number of benzene rings is 1. The predicted molar refractivity (Wildman–Crippen MR) is 120 cm³/mol. The maximum absolute atomic E-state index is 13.6. The number of halogens is 3. The van der Waals surface area contributed by atoms with E-state index in [-0.39, 0.29) is 29.6 Å². The van der Waals surface area contributed by atoms with Crippen molar-refractivity contribution in [3.63, 3.8) is 0 Å². The molecule has 0 aliphatic carbocycles. The van der Waals surface area contributed by atoms with E-state index in [1.165, 1.54) is 22.6 Å². The highest BCUT2D eigenvalue weighted by atomic mass is 19.4. The fraction of sp³-hybridized carbons (Fsp3) is 0.435. The molecule has 9 nitrogen and oxygen atoms in total. The van der Waals surface area contributed by atoms with Gasteiger partial charge in [0.25, 0.3) is 11.6 Å². The van der Waals surface area contributed by atoms with Crippen molar-refractivity contribution in [1.29, 1.82) is 0 Å². The minimum atomic E-state index is -4.50. The van der Waals surface area contributed by atoms with Gasteiger partial charge in [0.05, 0.1) is 21.7 Å². The van der Waals surface area contributed by atoms with Crippen LogP contribution in [0.15, 0.2) is 36.5 Å². The van der Waals surface area contributed by atoms with E-state index in [2.05, 4.69) is 15.1 Å². The number of amides is 1. The summed E-state index contributed by atoms with van der Waals surface area (Å²) in [6, 6.07) is 6.59. The first kappa shape index (κ1) is 23.1. The molecular formula is C23H23F3N6O3. The largest absolute Gasteiger partial charge is 0.417 e. The zero-order chi connectivity index (χ0) is 24.7. The van der Waals surface area contributed by atoms with Crippen molar-refractivity contribution in [2.45, 2.75) is 37.8 Å². The number of hydrogen-bond acceptors (Lipinski definition) is 6. The van der Waals surface area contributed by atoms with Gasteiger partial charge >= 0.3 is 6.18 Å². The number of likely N-dealkylation sites (tertiary alicyclic amines) is 1. The zero-order valence-electron chi connectivity index (χ0n) is 18.7. The molecule has 2 aliphatic heterocycles. The van der Waals surface area contributed by atoms with Crippen LogP contribution in [0, 0.1) is 10.1 Å². The van der Waals surface area contributed by atoms with Gasteiger partial charge in [-0.25, -0.2) is 0 Å². The van der Waals surface area contributed by atoms with Crippen LogP contribution in [0.2, 0.25) is 0 Å². The Morgan fingerprint density at radius 2 is 1.83 bits per heavy atom. The number of nitro groups is 1. The Hall–Kier alpha value is -3.70. The van der Waals surface area contributed by atoms with Crippen molar-refractivity contribution in [3.8, 4) is 0 Å². The molecule has 5 rings (SSSR count). The molecule has 2 aliphatic rings. The number of piperidine rings is 1. The van der Waals surface area contributed by atoms with Crippen LogP contribution in [0.25, 0.3) is 5.65 Å². The van der Waals surface area contributed by atoms with E-state index in [1.54, 1.807) is 11.0 Å². The van der Waals surface area contributed by atoms with E-state index in [4.69, 9.17) is 0 Å². The zero-order valence-corrected chi connectivity index (χ0v) is 18.7. The van der Waals surface area contributed by atoms with Gasteiger partial charge in [-0.15, -0.1) is 10.2 Å². The van der Waals surface area contributed by atoms with Crippen LogP contribution in [-0.4, -0.2) is 56.5 Å². The first-order valence-electron chi connectivity index (χ1n) is 11.5. The number of alkyl halides is 3. The summed E-state index contributed by atoms with van der Waals surface area (Å²) in [4.78, 5) is 28.1. The Morgan fingerprint density at radius 1 is 1.06 bits per heavy atom. The van der Waals surface area contributed by atoms with Gasteiger partial charge in [0, 0.05) is 50.4 Å². The van der Waals surface area contributed by atoms with Gasteiger partial charge in [-0.3, -0.25) is 19.3 Å². The first-order valence-corrected chi connectivity index (χ1v) is 11.5. The summed E-state index contributed by atoms with van der Waals surface area (Å²) < 4.78 is 41.1. The van der Waals surface area contributed by atoms with Gasteiger partial charge in [-0.2, -0.15) is 13.2 Å². The molecule has 0 bridgehead atoms. The number of nitro benzene ring substituents is 1. The van der Waals surface area contributed by atoms with E-state index in [0.29, 0.717) is 36.5 Å². The molecule has 0 saturated carbocycles. The highest BCUT2D eigenvalue weighted by Crippen LogP contribution is 2.34. The molecule has 1 amide bonds. The van der Waals surface area contributed by atoms with Gasteiger partial charge in [0.15, 0.2) is 5.65 Å². The van der Waals surface area contributed by atoms with Gasteiger partial charge in [-0.05, 0) is 43.9 Å². The van der Waals surface area contributed by atoms with Crippen molar-refractivity contribution >= 4 is 22.9 Å². The van der Waals surface area contributed by atoms with E-state index in [0.717, 1.165) is 38.2 Å². The highest BCUT2D eigenvalue weighted by molar-refractivity contribution is 6.00. The monoisotopic (exact) mass is 488 g/mol. The lowest BCUT2D eigenvalue weighted by Crippen LogP contribution is -2.40. The Labute approximate surface area is 198 Å². The standard InChI is InChI=1S/C23H23F3N6O3/c24-23(25,26)16-5-8-20-27-28-21(31(20)14-16)15-4-3-11-30(13-15)22(33)18-12-17(32(34)35)6-7-19(18)29-9-1-2-10-29/h5-8,12,14-15H,1-4,9-11,13H2. The number of anilines is 1. The van der Waals surface area contributed by atoms with Gasteiger partial charge in [-0.1, -0.05) is 0 Å². The summed E-state index contributed by atoms with van der Waals surface area (Å²) in [5.74, 6) is -0.285. The van der Waals surface area contributed by atoms with E-state index >= 15 is 0 Å². The number of nitrogens with zero attached hydrogens (tertiary/aromatic N) is 6. The second-order valence-electron chi connectivity index (χ2n) is 8.94. The van der Waals surface area contributed by atoms with Crippen LogP contribution in [0.4, 0.5) is 24.5 Å². The summed E-state index contributed by atoms with van der Waals surface area (Å²) >= 11 is 0. The number of aromatic nitrogens is 3. The van der Waals surface area contributed by atoms with Crippen molar-refractivity contribution < 1.29 is 22.9 Å². The van der Waals surface area contributed by atoms with Crippen molar-refractivity contribution in [2.24, 2.45) is 0 Å². The lowest BCUT2D eigenvalue weighted by atomic mass is 9.96. The number of carbonyl (C=O) groups is 1. The SMILES string of the molecule is O=C(c1cc([N+](=O)[O-])ccc1N1CCCC1)N1CCCC(c2nnc3ccc(C(F)(F)F)cn23)C1. The third-order valence-electron chi connectivity index (χ3n) is 6.70. The van der Waals surface area contributed by atoms with E-state index in [9.17, 15) is 28.1 Å². The minimum Gasteiger partial charge on any atom is -0.371 e. The quantitative estimate of drug-likeness (QED) is 0.402. The van der Waals surface area contributed by atoms with Gasteiger partial charge in [0.1, 0.15) is 5.82 Å². The summed E-state index contributed by atoms with van der Waals surface area (Å²) in [7, 11) is 0. The Morgan fingerprint density at radius 3 is 2.54 bits per heavy atom. The summed E-state index contributed by atoms with van der Waals surface area (Å²) in [5, 5.41) is 19.5. The molecule has 1 aromatic carbocycles. The fourth-order valence-corrected chi connectivity index (χ4v) is 4.94. The second kappa shape index (κ2) is 8.82. The van der Waals surface area contributed by atoms with Crippen LogP contribution < -0.4 is 4.90 Å². The van der Waals surface area contributed by atoms with Crippen molar-refractivity contribution in [2.75, 3.05) is 31.1 Å². The van der Waals surface area contributed by atoms with Crippen LogP contribution >= 0.6 is 0 Å². The predicted octanol–water partition coefficient (Wildman–Crippen LogP) is 4.28. The highest BCUT2D eigenvalue weighted by Gasteiger charge is 2.34. The topological polar surface area (TPSA) is 96.9 Å². The van der Waals surface area contributed by atoms with Crippen LogP contribution in [0.3, 0.4) is 0 Å². The average Bonchev–Trinajstić information content (AvgIpc) is 3.52. The maximum Gasteiger partial charge on any atom is 0.417 e. The van der Waals surface area contributed by atoms with Crippen molar-refractivity contribution in [1.82, 2.24) is 19.5 Å². The Kier molecular flexibility index (Phi) is 5.81. The van der Waals surface area contributed by atoms with Crippen LogP contribution in [0.1, 0.15) is 53.3 Å². The summed E-state index contributed by atoms with van der Waals surface area (Å²) in [5.41, 5.74) is 0.274. The lowest BCUT2D eigenvalue weighted by molar-refractivity contribution is -0.384. The summed E-state index contributed by atoms with van der Waals surface area (Å²) in [6.07, 6.45) is -0.296. The number of rotatable bonds is 4. The second-order valence-corrected chi connectivity index (χ2v) is 8.94. The van der Waals surface area contributed by atoms with E-state index < -0.39 is 16.7 Å². The molecule has 12 heteroatoms. The van der Waals surface area contributed by atoms with E-state index in [1.807, 2.05) is 0 Å². The Balaban J connectivity index is 1.45. The molecule has 0 N–H and O–H groups in total. The number of fused-ring (bicyclic) bond motifs is 1. The molecule has 2 saturated heterocycles. The molecule has 35 heavy (non-hydrogen) atoms. The number of non-ortho nitro benzene ring substituents is 1. The molecule has 0 spiro atoms. The maximum atomic E-state index is 13.6. The minimum absolute atomic E-state index is 0.159. The molecule has 2 fully saturated rings. The van der Waals surface area contributed by atoms with Crippen LogP contribution in [0.5, 0.6) is 0 Å². The molecule has 2 aromatic heterocycles. The lowest BCUT2D eigenvalue weighted by Gasteiger charge is -2.33. The molecule has 0 radical (unpaired) electrons. The normalized spacial score (nSPS) is 18.9. The average molecular weight is 488 g/mol. The third kappa shape index (κ3) is 4.40. The van der Waals surface area contributed by atoms with Gasteiger partial charge in [0.2, 0.25) is 0 Å². The summed E-state index contributed by atoms with van der Waals surface area (Å²) in [6.45, 7) is 2.22. The molecule has 1 unspecified atom stereocenters.